The molecular weight excluding hydrogens is 279 g/mol. The van der Waals surface area contributed by atoms with Gasteiger partial charge >= 0.3 is 0 Å². The highest BCUT2D eigenvalue weighted by Crippen LogP contribution is 2.23. The molecule has 0 saturated heterocycles. The average molecular weight is 296 g/mol. The number of aryl methyl sites for hydroxylation is 1. The molecule has 0 radical (unpaired) electrons. The number of rotatable bonds is 4. The number of nitrogens with two attached hydrogens (primary N) is 1. The van der Waals surface area contributed by atoms with Crippen LogP contribution in [-0.2, 0) is 13.1 Å². The van der Waals surface area contributed by atoms with Crippen molar-refractivity contribution < 1.29 is 4.39 Å². The summed E-state index contributed by atoms with van der Waals surface area (Å²) >= 11 is 0. The Balaban J connectivity index is 1.99. The summed E-state index contributed by atoms with van der Waals surface area (Å²) in [5.41, 5.74) is 10.5. The first-order chi connectivity index (χ1) is 10.7. The third-order valence-corrected chi connectivity index (χ3v) is 3.57. The molecule has 0 bridgehead atoms. The Morgan fingerprint density at radius 2 is 1.73 bits per heavy atom. The van der Waals surface area contributed by atoms with Crippen LogP contribution >= 0.6 is 0 Å². The van der Waals surface area contributed by atoms with Gasteiger partial charge in [0.25, 0.3) is 0 Å². The van der Waals surface area contributed by atoms with E-state index < -0.39 is 0 Å². The molecule has 0 fully saturated rings. The average Bonchev–Trinajstić information content (AvgIpc) is 2.93. The van der Waals surface area contributed by atoms with E-state index in [9.17, 15) is 4.39 Å². The van der Waals surface area contributed by atoms with Crippen LogP contribution in [0.5, 0.6) is 0 Å². The van der Waals surface area contributed by atoms with Gasteiger partial charge in [0.1, 0.15) is 11.5 Å². The lowest BCUT2D eigenvalue weighted by Gasteiger charge is -2.08. The first-order valence-electron chi connectivity index (χ1n) is 7.11. The zero-order valence-electron chi connectivity index (χ0n) is 12.3. The van der Waals surface area contributed by atoms with Gasteiger partial charge in [0, 0.05) is 12.1 Å². The minimum atomic E-state index is -0.268. The largest absolute Gasteiger partial charge is 0.325 e. The summed E-state index contributed by atoms with van der Waals surface area (Å²) in [6.07, 6.45) is 0. The van der Waals surface area contributed by atoms with Crippen molar-refractivity contribution in [1.82, 2.24) is 15.0 Å². The summed E-state index contributed by atoms with van der Waals surface area (Å²) in [5.74, 6) is -0.268. The van der Waals surface area contributed by atoms with Gasteiger partial charge in [0.05, 0.1) is 12.2 Å². The van der Waals surface area contributed by atoms with Crippen molar-refractivity contribution in [2.45, 2.75) is 20.0 Å². The van der Waals surface area contributed by atoms with Crippen LogP contribution in [0.1, 0.15) is 16.8 Å². The summed E-state index contributed by atoms with van der Waals surface area (Å²) < 4.78 is 14.9. The molecule has 0 aliphatic heterocycles. The van der Waals surface area contributed by atoms with E-state index in [2.05, 4.69) is 41.5 Å². The predicted molar refractivity (Wildman–Crippen MR) is 83.6 cm³/mol. The summed E-state index contributed by atoms with van der Waals surface area (Å²) in [6.45, 7) is 2.94. The smallest absolute Gasteiger partial charge is 0.123 e. The zero-order chi connectivity index (χ0) is 15.5. The van der Waals surface area contributed by atoms with Gasteiger partial charge < -0.3 is 5.73 Å². The van der Waals surface area contributed by atoms with Gasteiger partial charge in [0.2, 0.25) is 0 Å². The number of benzene rings is 2. The van der Waals surface area contributed by atoms with Gasteiger partial charge in [-0.15, -0.1) is 5.10 Å². The van der Waals surface area contributed by atoms with Crippen LogP contribution in [0.15, 0.2) is 48.5 Å². The molecule has 0 saturated carbocycles. The highest BCUT2D eigenvalue weighted by atomic mass is 19.1. The fourth-order valence-corrected chi connectivity index (χ4v) is 2.39. The third-order valence-electron chi connectivity index (χ3n) is 3.57. The number of nitrogens with zero attached hydrogens (tertiary/aromatic N) is 3. The maximum Gasteiger partial charge on any atom is 0.123 e. The van der Waals surface area contributed by atoms with E-state index in [0.717, 1.165) is 16.8 Å². The molecule has 0 atom stereocenters. The molecule has 22 heavy (non-hydrogen) atoms. The Kier molecular flexibility index (Phi) is 3.98. The van der Waals surface area contributed by atoms with Gasteiger partial charge in [-0.05, 0) is 36.8 Å². The van der Waals surface area contributed by atoms with Crippen molar-refractivity contribution in [3.63, 3.8) is 0 Å². The molecule has 0 aliphatic carbocycles. The van der Waals surface area contributed by atoms with E-state index in [0.29, 0.717) is 18.8 Å². The maximum atomic E-state index is 13.1. The number of aromatic nitrogens is 3. The molecule has 0 spiro atoms. The lowest BCUT2D eigenvalue weighted by atomic mass is 10.1. The summed E-state index contributed by atoms with van der Waals surface area (Å²) in [6, 6.07) is 14.6. The van der Waals surface area contributed by atoms with Crippen LogP contribution in [0.4, 0.5) is 4.39 Å². The van der Waals surface area contributed by atoms with Crippen molar-refractivity contribution in [3.05, 3.63) is 71.2 Å². The molecule has 2 aromatic carbocycles. The summed E-state index contributed by atoms with van der Waals surface area (Å²) in [5, 5.41) is 8.34. The molecule has 3 rings (SSSR count). The Morgan fingerprint density at radius 3 is 2.36 bits per heavy atom. The van der Waals surface area contributed by atoms with Crippen LogP contribution in [-0.4, -0.2) is 15.0 Å². The SMILES string of the molecule is Cc1ccc(Cn2nnc(CN)c2-c2ccc(F)cc2)cc1. The fourth-order valence-electron chi connectivity index (χ4n) is 2.39. The molecule has 0 amide bonds. The van der Waals surface area contributed by atoms with Crippen molar-refractivity contribution >= 4 is 0 Å². The quantitative estimate of drug-likeness (QED) is 0.805. The minimum Gasteiger partial charge on any atom is -0.325 e. The number of hydrogen-bond acceptors (Lipinski definition) is 3. The van der Waals surface area contributed by atoms with Crippen LogP contribution in [0.3, 0.4) is 0 Å². The molecule has 0 unspecified atom stereocenters. The first-order valence-corrected chi connectivity index (χ1v) is 7.11. The second-order valence-electron chi connectivity index (χ2n) is 5.24. The molecule has 1 heterocycles. The Bertz CT molecular complexity index is 760. The van der Waals surface area contributed by atoms with Crippen LogP contribution in [0, 0.1) is 12.7 Å². The Morgan fingerprint density at radius 1 is 1.05 bits per heavy atom. The lowest BCUT2D eigenvalue weighted by Crippen LogP contribution is -2.06. The third kappa shape index (κ3) is 2.89. The zero-order valence-corrected chi connectivity index (χ0v) is 12.3. The van der Waals surface area contributed by atoms with Gasteiger partial charge in [-0.3, -0.25) is 0 Å². The van der Waals surface area contributed by atoms with E-state index in [1.54, 1.807) is 16.8 Å². The Hall–Kier alpha value is -2.53. The van der Waals surface area contributed by atoms with Crippen molar-refractivity contribution in [2.75, 3.05) is 0 Å². The van der Waals surface area contributed by atoms with E-state index in [1.165, 1.54) is 17.7 Å². The van der Waals surface area contributed by atoms with Gasteiger partial charge in [-0.1, -0.05) is 35.0 Å². The van der Waals surface area contributed by atoms with E-state index in [4.69, 9.17) is 5.73 Å². The highest BCUT2D eigenvalue weighted by Gasteiger charge is 2.14. The minimum absolute atomic E-state index is 0.268. The van der Waals surface area contributed by atoms with E-state index >= 15 is 0 Å². The highest BCUT2D eigenvalue weighted by molar-refractivity contribution is 5.62. The van der Waals surface area contributed by atoms with Crippen LogP contribution in [0.2, 0.25) is 0 Å². The standard InChI is InChI=1S/C17H17FN4/c1-12-2-4-13(5-3-12)11-22-17(16(10-19)20-21-22)14-6-8-15(18)9-7-14/h2-9H,10-11,19H2,1H3. The van der Waals surface area contributed by atoms with Gasteiger partial charge in [-0.2, -0.15) is 0 Å². The fraction of sp³-hybridized carbons (Fsp3) is 0.176. The topological polar surface area (TPSA) is 56.7 Å². The molecule has 112 valence electrons. The van der Waals surface area contributed by atoms with Crippen LogP contribution in [0.25, 0.3) is 11.3 Å². The number of halogens is 1. The van der Waals surface area contributed by atoms with Crippen molar-refractivity contribution in [1.29, 1.82) is 0 Å². The molecule has 0 aliphatic rings. The van der Waals surface area contributed by atoms with E-state index in [1.807, 2.05) is 0 Å². The Labute approximate surface area is 128 Å². The first kappa shape index (κ1) is 14.4. The molecule has 4 nitrogen and oxygen atoms in total. The normalized spacial score (nSPS) is 10.9. The molecular formula is C17H17FN4. The lowest BCUT2D eigenvalue weighted by molar-refractivity contribution is 0.627. The monoisotopic (exact) mass is 296 g/mol. The maximum absolute atomic E-state index is 13.1. The predicted octanol–water partition coefficient (Wildman–Crippen LogP) is 2.90. The molecule has 1 aromatic heterocycles. The van der Waals surface area contributed by atoms with Gasteiger partial charge in [0.15, 0.2) is 0 Å². The molecule has 5 heteroatoms. The summed E-state index contributed by atoms with van der Waals surface area (Å²) in [4.78, 5) is 0. The molecule has 3 aromatic rings. The second-order valence-corrected chi connectivity index (χ2v) is 5.24. The molecule has 2 N–H and O–H groups in total. The van der Waals surface area contributed by atoms with Crippen molar-refractivity contribution in [2.24, 2.45) is 5.73 Å². The van der Waals surface area contributed by atoms with E-state index in [-0.39, 0.29) is 5.82 Å². The number of hydrogen-bond donors (Lipinski definition) is 1. The van der Waals surface area contributed by atoms with Gasteiger partial charge in [-0.25, -0.2) is 9.07 Å². The second kappa shape index (κ2) is 6.07. The van der Waals surface area contributed by atoms with Crippen LogP contribution < -0.4 is 5.73 Å². The van der Waals surface area contributed by atoms with Crippen molar-refractivity contribution in [3.8, 4) is 11.3 Å². The summed E-state index contributed by atoms with van der Waals surface area (Å²) in [7, 11) is 0.